The third-order valence-electron chi connectivity index (χ3n) is 2.51. The van der Waals surface area contributed by atoms with Gasteiger partial charge in [0.2, 0.25) is 5.91 Å². The molecule has 82 valence electrons. The second-order valence-corrected chi connectivity index (χ2v) is 3.68. The molecule has 0 aliphatic carbocycles. The van der Waals surface area contributed by atoms with Gasteiger partial charge in [0.15, 0.2) is 0 Å². The van der Waals surface area contributed by atoms with Crippen LogP contribution in [0.2, 0.25) is 0 Å². The molecule has 0 aromatic carbocycles. The predicted octanol–water partition coefficient (Wildman–Crippen LogP) is 0.139. The molecule has 1 aliphatic rings. The fourth-order valence-corrected chi connectivity index (χ4v) is 1.61. The molecule has 1 unspecified atom stereocenters. The Morgan fingerprint density at radius 2 is 2.43 bits per heavy atom. The van der Waals surface area contributed by atoms with E-state index >= 15 is 0 Å². The maximum Gasteiger partial charge on any atom is 0.224 e. The van der Waals surface area contributed by atoms with Crippen LogP contribution >= 0.6 is 0 Å². The summed E-state index contributed by atoms with van der Waals surface area (Å²) in [5.41, 5.74) is 0. The highest BCUT2D eigenvalue weighted by Crippen LogP contribution is 2.06. The standard InChI is InChI=1S/C10H20N2O2/c1-14-7-3-2-5-12-10(13)9-4-6-11-8-9/h9,11H,2-8H2,1H3,(H,12,13). The Labute approximate surface area is 85.4 Å². The maximum absolute atomic E-state index is 11.5. The first-order valence-electron chi connectivity index (χ1n) is 5.32. The lowest BCUT2D eigenvalue weighted by Gasteiger charge is -2.09. The summed E-state index contributed by atoms with van der Waals surface area (Å²) >= 11 is 0. The van der Waals surface area contributed by atoms with E-state index in [4.69, 9.17) is 4.74 Å². The summed E-state index contributed by atoms with van der Waals surface area (Å²) in [6, 6.07) is 0. The average molecular weight is 200 g/mol. The molecule has 0 aromatic heterocycles. The molecule has 1 heterocycles. The first kappa shape index (κ1) is 11.5. The summed E-state index contributed by atoms with van der Waals surface area (Å²) in [5, 5.41) is 6.13. The highest BCUT2D eigenvalue weighted by atomic mass is 16.5. The Hall–Kier alpha value is -0.610. The monoisotopic (exact) mass is 200 g/mol. The van der Waals surface area contributed by atoms with Crippen LogP contribution in [0.4, 0.5) is 0 Å². The van der Waals surface area contributed by atoms with Crippen LogP contribution in [0.25, 0.3) is 0 Å². The molecule has 0 saturated carbocycles. The summed E-state index contributed by atoms with van der Waals surface area (Å²) < 4.78 is 4.93. The van der Waals surface area contributed by atoms with Crippen molar-refractivity contribution in [3.63, 3.8) is 0 Å². The fourth-order valence-electron chi connectivity index (χ4n) is 1.61. The smallest absolute Gasteiger partial charge is 0.224 e. The number of ether oxygens (including phenoxy) is 1. The van der Waals surface area contributed by atoms with Crippen molar-refractivity contribution >= 4 is 5.91 Å². The fraction of sp³-hybridized carbons (Fsp3) is 0.900. The minimum Gasteiger partial charge on any atom is -0.385 e. The molecule has 14 heavy (non-hydrogen) atoms. The maximum atomic E-state index is 11.5. The van der Waals surface area contributed by atoms with Crippen molar-refractivity contribution in [3.05, 3.63) is 0 Å². The van der Waals surface area contributed by atoms with Crippen LogP contribution in [0.15, 0.2) is 0 Å². The minimum absolute atomic E-state index is 0.192. The molecule has 1 amide bonds. The number of hydrogen-bond acceptors (Lipinski definition) is 3. The predicted molar refractivity (Wildman–Crippen MR) is 55.1 cm³/mol. The van der Waals surface area contributed by atoms with Crippen LogP contribution in [-0.4, -0.2) is 39.3 Å². The summed E-state index contributed by atoms with van der Waals surface area (Å²) in [7, 11) is 1.70. The number of carbonyl (C=O) groups excluding carboxylic acids is 1. The molecule has 1 fully saturated rings. The van der Waals surface area contributed by atoms with Crippen molar-refractivity contribution in [1.82, 2.24) is 10.6 Å². The highest BCUT2D eigenvalue weighted by Gasteiger charge is 2.21. The Kier molecular flexibility index (Phi) is 5.56. The van der Waals surface area contributed by atoms with E-state index in [9.17, 15) is 4.79 Å². The Balaban J connectivity index is 1.97. The minimum atomic E-state index is 0.192. The third kappa shape index (κ3) is 4.07. The van der Waals surface area contributed by atoms with Crippen LogP contribution in [0, 0.1) is 5.92 Å². The average Bonchev–Trinajstić information content (AvgIpc) is 2.70. The molecular weight excluding hydrogens is 180 g/mol. The molecule has 0 aromatic rings. The molecule has 1 rings (SSSR count). The number of rotatable bonds is 6. The molecule has 2 N–H and O–H groups in total. The summed E-state index contributed by atoms with van der Waals surface area (Å²) in [6.07, 6.45) is 2.99. The van der Waals surface area contributed by atoms with Crippen molar-refractivity contribution in [1.29, 1.82) is 0 Å². The first-order chi connectivity index (χ1) is 6.84. The van der Waals surface area contributed by atoms with Gasteiger partial charge in [-0.2, -0.15) is 0 Å². The number of hydrogen-bond donors (Lipinski definition) is 2. The van der Waals surface area contributed by atoms with Crippen molar-refractivity contribution in [2.45, 2.75) is 19.3 Å². The van der Waals surface area contributed by atoms with Crippen molar-refractivity contribution < 1.29 is 9.53 Å². The van der Waals surface area contributed by atoms with Crippen LogP contribution < -0.4 is 10.6 Å². The summed E-state index contributed by atoms with van der Waals surface area (Å²) in [6.45, 7) is 3.37. The van der Waals surface area contributed by atoms with Gasteiger partial charge in [-0.1, -0.05) is 0 Å². The molecule has 0 radical (unpaired) electrons. The van der Waals surface area contributed by atoms with Gasteiger partial charge in [-0.25, -0.2) is 0 Å². The number of amides is 1. The molecular formula is C10H20N2O2. The molecule has 1 atom stereocenters. The van der Waals surface area contributed by atoms with Crippen LogP contribution in [-0.2, 0) is 9.53 Å². The molecule has 4 nitrogen and oxygen atoms in total. The first-order valence-corrected chi connectivity index (χ1v) is 5.32. The van der Waals surface area contributed by atoms with Gasteiger partial charge in [0, 0.05) is 26.8 Å². The Morgan fingerprint density at radius 3 is 3.07 bits per heavy atom. The lowest BCUT2D eigenvalue weighted by atomic mass is 10.1. The number of carbonyl (C=O) groups is 1. The van der Waals surface area contributed by atoms with Gasteiger partial charge < -0.3 is 15.4 Å². The van der Waals surface area contributed by atoms with Crippen LogP contribution in [0.1, 0.15) is 19.3 Å². The van der Waals surface area contributed by atoms with E-state index in [0.717, 1.165) is 45.5 Å². The molecule has 4 heteroatoms. The molecule has 0 spiro atoms. The quantitative estimate of drug-likeness (QED) is 0.600. The van der Waals surface area contributed by atoms with E-state index in [-0.39, 0.29) is 11.8 Å². The van der Waals surface area contributed by atoms with E-state index in [0.29, 0.717) is 0 Å². The second kappa shape index (κ2) is 6.79. The van der Waals surface area contributed by atoms with E-state index in [1.54, 1.807) is 7.11 Å². The van der Waals surface area contributed by atoms with E-state index in [1.165, 1.54) is 0 Å². The van der Waals surface area contributed by atoms with Gasteiger partial charge in [-0.15, -0.1) is 0 Å². The Bertz CT molecular complexity index is 168. The highest BCUT2D eigenvalue weighted by molar-refractivity contribution is 5.79. The molecule has 1 aliphatic heterocycles. The lowest BCUT2D eigenvalue weighted by molar-refractivity contribution is -0.124. The van der Waals surface area contributed by atoms with Gasteiger partial charge in [-0.3, -0.25) is 4.79 Å². The number of unbranched alkanes of at least 4 members (excludes halogenated alkanes) is 1. The van der Waals surface area contributed by atoms with Crippen LogP contribution in [0.5, 0.6) is 0 Å². The van der Waals surface area contributed by atoms with Gasteiger partial charge in [0.1, 0.15) is 0 Å². The van der Waals surface area contributed by atoms with Gasteiger partial charge in [-0.05, 0) is 25.8 Å². The number of methoxy groups -OCH3 is 1. The van der Waals surface area contributed by atoms with Gasteiger partial charge in [0.25, 0.3) is 0 Å². The van der Waals surface area contributed by atoms with Gasteiger partial charge in [0.05, 0.1) is 5.92 Å². The van der Waals surface area contributed by atoms with Gasteiger partial charge >= 0.3 is 0 Å². The van der Waals surface area contributed by atoms with E-state index in [1.807, 2.05) is 0 Å². The Morgan fingerprint density at radius 1 is 1.57 bits per heavy atom. The summed E-state index contributed by atoms with van der Waals surface area (Å²) in [5.74, 6) is 0.393. The number of nitrogens with one attached hydrogen (secondary N) is 2. The van der Waals surface area contributed by atoms with Crippen molar-refractivity contribution in [3.8, 4) is 0 Å². The van der Waals surface area contributed by atoms with E-state index < -0.39 is 0 Å². The molecule has 1 saturated heterocycles. The second-order valence-electron chi connectivity index (χ2n) is 3.68. The zero-order chi connectivity index (χ0) is 10.2. The van der Waals surface area contributed by atoms with Crippen molar-refractivity contribution in [2.24, 2.45) is 5.92 Å². The lowest BCUT2D eigenvalue weighted by Crippen LogP contribution is -2.32. The zero-order valence-electron chi connectivity index (χ0n) is 8.84. The zero-order valence-corrected chi connectivity index (χ0v) is 8.84. The third-order valence-corrected chi connectivity index (χ3v) is 2.51. The van der Waals surface area contributed by atoms with E-state index in [2.05, 4.69) is 10.6 Å². The SMILES string of the molecule is COCCCCNC(=O)C1CCNC1. The summed E-state index contributed by atoms with van der Waals surface area (Å²) in [4.78, 5) is 11.5. The largest absolute Gasteiger partial charge is 0.385 e. The topological polar surface area (TPSA) is 50.4 Å². The van der Waals surface area contributed by atoms with Crippen LogP contribution in [0.3, 0.4) is 0 Å². The molecule has 0 bridgehead atoms. The normalized spacial score (nSPS) is 21.1. The van der Waals surface area contributed by atoms with Crippen molar-refractivity contribution in [2.75, 3.05) is 33.4 Å².